The maximum absolute atomic E-state index is 13.1. The first kappa shape index (κ1) is 21.8. The second-order valence-electron chi connectivity index (χ2n) is 7.68. The van der Waals surface area contributed by atoms with E-state index in [1.165, 1.54) is 5.56 Å². The van der Waals surface area contributed by atoms with Crippen LogP contribution >= 0.6 is 0 Å². The second kappa shape index (κ2) is 11.4. The number of rotatable bonds is 8. The van der Waals surface area contributed by atoms with Gasteiger partial charge in [-0.15, -0.1) is 0 Å². The highest BCUT2D eigenvalue weighted by Gasteiger charge is 2.27. The molecule has 1 saturated heterocycles. The Bertz CT molecular complexity index is 792. The molecular formula is C24H31N3O3. The molecule has 0 bridgehead atoms. The van der Waals surface area contributed by atoms with Crippen LogP contribution in [0.1, 0.15) is 30.4 Å². The van der Waals surface area contributed by atoms with E-state index in [1.807, 2.05) is 60.4 Å². The summed E-state index contributed by atoms with van der Waals surface area (Å²) in [5, 5.41) is 5.88. The van der Waals surface area contributed by atoms with Crippen LogP contribution in [0.4, 0.5) is 4.79 Å². The van der Waals surface area contributed by atoms with Crippen LogP contribution in [0.25, 0.3) is 0 Å². The van der Waals surface area contributed by atoms with Gasteiger partial charge in [-0.3, -0.25) is 4.79 Å². The lowest BCUT2D eigenvalue weighted by molar-refractivity contribution is -0.136. The van der Waals surface area contributed by atoms with Crippen molar-refractivity contribution < 1.29 is 14.3 Å². The van der Waals surface area contributed by atoms with Crippen molar-refractivity contribution in [3.63, 3.8) is 0 Å². The minimum Gasteiger partial charge on any atom is -0.378 e. The summed E-state index contributed by atoms with van der Waals surface area (Å²) in [6, 6.07) is 19.7. The van der Waals surface area contributed by atoms with E-state index in [4.69, 9.17) is 4.74 Å². The van der Waals surface area contributed by atoms with Crippen molar-refractivity contribution in [2.24, 2.45) is 0 Å². The fraction of sp³-hybridized carbons (Fsp3) is 0.417. The van der Waals surface area contributed by atoms with Crippen molar-refractivity contribution in [3.05, 3.63) is 71.8 Å². The number of hydrogen-bond donors (Lipinski definition) is 2. The lowest BCUT2D eigenvalue weighted by Gasteiger charge is -2.30. The van der Waals surface area contributed by atoms with Crippen molar-refractivity contribution in [2.45, 2.75) is 31.7 Å². The van der Waals surface area contributed by atoms with Crippen LogP contribution in [-0.4, -0.2) is 55.7 Å². The number of carbonyl (C=O) groups excluding carboxylic acids is 2. The maximum Gasteiger partial charge on any atom is 0.315 e. The van der Waals surface area contributed by atoms with Gasteiger partial charge in [0.1, 0.15) is 0 Å². The van der Waals surface area contributed by atoms with Gasteiger partial charge in [-0.2, -0.15) is 0 Å². The Hall–Kier alpha value is -2.86. The van der Waals surface area contributed by atoms with Crippen LogP contribution in [0.2, 0.25) is 0 Å². The molecular weight excluding hydrogens is 378 g/mol. The Kier molecular flexibility index (Phi) is 8.27. The molecule has 6 nitrogen and oxygen atoms in total. The standard InChI is InChI=1S/C24H31N3O3/c1-19(12-13-20-8-4-2-5-9-20)26-24(29)25-18-22(21-10-6-3-7-11-21)23(28)27-14-16-30-17-15-27/h2-11,19,22H,12-18H2,1H3,(H2,25,26,29). The molecule has 0 aromatic heterocycles. The number of carbonyl (C=O) groups is 2. The molecule has 0 aliphatic carbocycles. The first-order chi connectivity index (χ1) is 14.6. The van der Waals surface area contributed by atoms with Gasteiger partial charge < -0.3 is 20.3 Å². The van der Waals surface area contributed by atoms with Gasteiger partial charge in [0.2, 0.25) is 5.91 Å². The number of benzene rings is 2. The van der Waals surface area contributed by atoms with E-state index in [1.54, 1.807) is 0 Å². The van der Waals surface area contributed by atoms with Crippen molar-refractivity contribution >= 4 is 11.9 Å². The van der Waals surface area contributed by atoms with Gasteiger partial charge in [0.25, 0.3) is 0 Å². The molecule has 2 aromatic carbocycles. The topological polar surface area (TPSA) is 70.7 Å². The predicted molar refractivity (Wildman–Crippen MR) is 117 cm³/mol. The van der Waals surface area contributed by atoms with E-state index < -0.39 is 5.92 Å². The summed E-state index contributed by atoms with van der Waals surface area (Å²) >= 11 is 0. The second-order valence-corrected chi connectivity index (χ2v) is 7.68. The Morgan fingerprint density at radius 3 is 2.30 bits per heavy atom. The number of morpholine rings is 1. The van der Waals surface area contributed by atoms with Gasteiger partial charge in [0.15, 0.2) is 0 Å². The third-order valence-electron chi connectivity index (χ3n) is 5.38. The Balaban J connectivity index is 1.52. The molecule has 0 saturated carbocycles. The largest absolute Gasteiger partial charge is 0.378 e. The predicted octanol–water partition coefficient (Wildman–Crippen LogP) is 2.95. The molecule has 2 unspecified atom stereocenters. The zero-order chi connectivity index (χ0) is 21.2. The Morgan fingerprint density at radius 1 is 1.00 bits per heavy atom. The first-order valence-corrected chi connectivity index (χ1v) is 10.6. The highest BCUT2D eigenvalue weighted by Crippen LogP contribution is 2.19. The van der Waals surface area contributed by atoms with Crippen LogP contribution in [0.3, 0.4) is 0 Å². The molecule has 1 aliphatic rings. The number of nitrogens with zero attached hydrogens (tertiary/aromatic N) is 1. The number of amides is 3. The van der Waals surface area contributed by atoms with Crippen LogP contribution < -0.4 is 10.6 Å². The van der Waals surface area contributed by atoms with Crippen LogP contribution in [0, 0.1) is 0 Å². The average Bonchev–Trinajstić information content (AvgIpc) is 2.79. The summed E-state index contributed by atoms with van der Waals surface area (Å²) in [6.45, 7) is 4.55. The van der Waals surface area contributed by atoms with Crippen LogP contribution in [-0.2, 0) is 16.0 Å². The highest BCUT2D eigenvalue weighted by atomic mass is 16.5. The van der Waals surface area contributed by atoms with Gasteiger partial charge in [-0.05, 0) is 30.9 Å². The van der Waals surface area contributed by atoms with Crippen molar-refractivity contribution in [3.8, 4) is 0 Å². The zero-order valence-corrected chi connectivity index (χ0v) is 17.5. The van der Waals surface area contributed by atoms with Crippen molar-refractivity contribution in [1.29, 1.82) is 0 Å². The summed E-state index contributed by atoms with van der Waals surface area (Å²) in [6.07, 6.45) is 1.76. The van der Waals surface area contributed by atoms with Crippen molar-refractivity contribution in [2.75, 3.05) is 32.8 Å². The molecule has 30 heavy (non-hydrogen) atoms. The molecule has 1 heterocycles. The lowest BCUT2D eigenvalue weighted by Crippen LogP contribution is -2.47. The van der Waals surface area contributed by atoms with E-state index in [2.05, 4.69) is 22.8 Å². The lowest BCUT2D eigenvalue weighted by atomic mass is 9.97. The quantitative estimate of drug-likeness (QED) is 0.704. The van der Waals surface area contributed by atoms with E-state index >= 15 is 0 Å². The minimum absolute atomic E-state index is 0.0296. The van der Waals surface area contributed by atoms with Crippen LogP contribution in [0.15, 0.2) is 60.7 Å². The Morgan fingerprint density at radius 2 is 1.63 bits per heavy atom. The molecule has 2 aromatic rings. The van der Waals surface area contributed by atoms with E-state index in [9.17, 15) is 9.59 Å². The van der Waals surface area contributed by atoms with Crippen LogP contribution in [0.5, 0.6) is 0 Å². The third-order valence-corrected chi connectivity index (χ3v) is 5.38. The van der Waals surface area contributed by atoms with Gasteiger partial charge in [0, 0.05) is 25.7 Å². The number of urea groups is 1. The molecule has 6 heteroatoms. The summed E-state index contributed by atoms with van der Waals surface area (Å²) in [5.41, 5.74) is 2.17. The summed E-state index contributed by atoms with van der Waals surface area (Å²) in [4.78, 5) is 27.3. The SMILES string of the molecule is CC(CCc1ccccc1)NC(=O)NCC(C(=O)N1CCOCC1)c1ccccc1. The molecule has 1 aliphatic heterocycles. The number of aryl methyl sites for hydroxylation is 1. The smallest absolute Gasteiger partial charge is 0.315 e. The van der Waals surface area contributed by atoms with Gasteiger partial charge in [-0.25, -0.2) is 4.79 Å². The fourth-order valence-corrected chi connectivity index (χ4v) is 3.61. The molecule has 2 atom stereocenters. The average molecular weight is 410 g/mol. The van der Waals surface area contributed by atoms with E-state index in [0.29, 0.717) is 26.3 Å². The number of nitrogens with one attached hydrogen (secondary N) is 2. The third kappa shape index (κ3) is 6.59. The zero-order valence-electron chi connectivity index (χ0n) is 17.5. The van der Waals surface area contributed by atoms with Gasteiger partial charge in [-0.1, -0.05) is 60.7 Å². The molecule has 1 fully saturated rings. The first-order valence-electron chi connectivity index (χ1n) is 10.6. The molecule has 0 spiro atoms. The molecule has 160 valence electrons. The maximum atomic E-state index is 13.1. The summed E-state index contributed by atoms with van der Waals surface area (Å²) in [7, 11) is 0. The van der Waals surface area contributed by atoms with E-state index in [0.717, 1.165) is 18.4 Å². The monoisotopic (exact) mass is 409 g/mol. The molecule has 0 radical (unpaired) electrons. The molecule has 3 amide bonds. The van der Waals surface area contributed by atoms with Gasteiger partial charge >= 0.3 is 6.03 Å². The van der Waals surface area contributed by atoms with Crippen molar-refractivity contribution in [1.82, 2.24) is 15.5 Å². The highest BCUT2D eigenvalue weighted by molar-refractivity contribution is 5.85. The molecule has 3 rings (SSSR count). The summed E-state index contributed by atoms with van der Waals surface area (Å²) in [5.74, 6) is -0.378. The summed E-state index contributed by atoms with van der Waals surface area (Å²) < 4.78 is 5.36. The Labute approximate surface area is 178 Å². The number of hydrogen-bond acceptors (Lipinski definition) is 3. The minimum atomic E-state index is -0.408. The normalized spacial score (nSPS) is 15.8. The molecule has 2 N–H and O–H groups in total. The van der Waals surface area contributed by atoms with E-state index in [-0.39, 0.29) is 24.5 Å². The van der Waals surface area contributed by atoms with Gasteiger partial charge in [0.05, 0.1) is 19.1 Å². The fourth-order valence-electron chi connectivity index (χ4n) is 3.61. The number of ether oxygens (including phenoxy) is 1.